The molecule has 0 saturated heterocycles. The van der Waals surface area contributed by atoms with E-state index in [1.807, 2.05) is 20.0 Å². The zero-order valence-electron chi connectivity index (χ0n) is 10.9. The van der Waals surface area contributed by atoms with Gasteiger partial charge in [0.2, 0.25) is 5.95 Å². The van der Waals surface area contributed by atoms with E-state index in [9.17, 15) is 0 Å². The maximum Gasteiger partial charge on any atom is 0.223 e. The van der Waals surface area contributed by atoms with Crippen LogP contribution in [-0.2, 0) is 5.75 Å². The fourth-order valence-electron chi connectivity index (χ4n) is 1.65. The average Bonchev–Trinajstić information content (AvgIpc) is 2.37. The van der Waals surface area contributed by atoms with Gasteiger partial charge >= 0.3 is 0 Å². The first-order valence-electron chi connectivity index (χ1n) is 5.90. The van der Waals surface area contributed by atoms with E-state index in [1.165, 1.54) is 11.1 Å². The number of nitrogens with one attached hydrogen (secondary N) is 1. The molecule has 0 fully saturated rings. The fourth-order valence-corrected chi connectivity index (χ4v) is 2.68. The Morgan fingerprint density at radius 3 is 2.67 bits per heavy atom. The molecule has 0 unspecified atom stereocenters. The molecule has 1 heterocycles. The van der Waals surface area contributed by atoms with Gasteiger partial charge in [-0.3, -0.25) is 0 Å². The summed E-state index contributed by atoms with van der Waals surface area (Å²) in [6.07, 6.45) is 0. The van der Waals surface area contributed by atoms with E-state index in [0.29, 0.717) is 5.95 Å². The Kier molecular flexibility index (Phi) is 4.20. The highest BCUT2D eigenvalue weighted by atomic mass is 32.2. The maximum atomic E-state index is 4.44. The van der Waals surface area contributed by atoms with Crippen LogP contribution < -0.4 is 5.32 Å². The third kappa shape index (κ3) is 3.23. The second-order valence-electron chi connectivity index (χ2n) is 4.14. The molecule has 0 saturated carbocycles. The van der Waals surface area contributed by atoms with Crippen LogP contribution in [0.3, 0.4) is 0 Å². The van der Waals surface area contributed by atoms with Crippen molar-refractivity contribution in [3.05, 3.63) is 47.2 Å². The predicted octanol–water partition coefficient (Wildman–Crippen LogP) is 3.43. The van der Waals surface area contributed by atoms with Gasteiger partial charge in [-0.1, -0.05) is 24.3 Å². The van der Waals surface area contributed by atoms with E-state index in [1.54, 1.807) is 11.8 Å². The Bertz CT molecular complexity index is 540. The van der Waals surface area contributed by atoms with Gasteiger partial charge in [0, 0.05) is 18.5 Å². The summed E-state index contributed by atoms with van der Waals surface area (Å²) in [4.78, 5) is 8.73. The lowest BCUT2D eigenvalue weighted by atomic mass is 10.1. The van der Waals surface area contributed by atoms with Crippen LogP contribution in [0.4, 0.5) is 5.95 Å². The molecular weight excluding hydrogens is 242 g/mol. The number of benzene rings is 1. The van der Waals surface area contributed by atoms with Gasteiger partial charge in [-0.2, -0.15) is 0 Å². The van der Waals surface area contributed by atoms with E-state index < -0.39 is 0 Å². The Morgan fingerprint density at radius 2 is 1.94 bits per heavy atom. The number of thioether (sulfide) groups is 1. The Hall–Kier alpha value is -1.55. The van der Waals surface area contributed by atoms with Gasteiger partial charge in [0.05, 0.1) is 0 Å². The van der Waals surface area contributed by atoms with Gasteiger partial charge in [0.25, 0.3) is 0 Å². The highest BCUT2D eigenvalue weighted by Crippen LogP contribution is 2.23. The van der Waals surface area contributed by atoms with Crippen LogP contribution in [0.15, 0.2) is 35.4 Å². The molecule has 2 rings (SSSR count). The fraction of sp³-hybridized carbons (Fsp3) is 0.286. The molecule has 94 valence electrons. The lowest BCUT2D eigenvalue weighted by molar-refractivity contribution is 1.01. The molecule has 0 bridgehead atoms. The highest BCUT2D eigenvalue weighted by Gasteiger charge is 2.03. The largest absolute Gasteiger partial charge is 0.357 e. The Labute approximate surface area is 112 Å². The van der Waals surface area contributed by atoms with Gasteiger partial charge in [-0.05, 0) is 31.0 Å². The number of aromatic nitrogens is 2. The molecule has 1 aromatic carbocycles. The first-order chi connectivity index (χ1) is 8.69. The molecule has 1 aromatic heterocycles. The smallest absolute Gasteiger partial charge is 0.223 e. The molecule has 0 spiro atoms. The van der Waals surface area contributed by atoms with Crippen molar-refractivity contribution in [2.75, 3.05) is 12.4 Å². The van der Waals surface area contributed by atoms with Crippen molar-refractivity contribution < 1.29 is 0 Å². The Morgan fingerprint density at radius 1 is 1.17 bits per heavy atom. The van der Waals surface area contributed by atoms with Crippen LogP contribution in [0.25, 0.3) is 0 Å². The quantitative estimate of drug-likeness (QED) is 0.674. The molecule has 0 atom stereocenters. The molecule has 0 radical (unpaired) electrons. The standard InChI is InChI=1S/C14H17N3S/c1-10-6-4-5-7-12(10)9-18-13-8-11(2)16-14(15-3)17-13/h4-8H,9H2,1-3H3,(H,15,16,17). The third-order valence-electron chi connectivity index (χ3n) is 2.69. The van der Waals surface area contributed by atoms with Crippen LogP contribution in [0.2, 0.25) is 0 Å². The molecule has 0 aliphatic rings. The predicted molar refractivity (Wildman–Crippen MR) is 77.1 cm³/mol. The number of aryl methyl sites for hydroxylation is 2. The lowest BCUT2D eigenvalue weighted by Gasteiger charge is -2.07. The number of hydrogen-bond donors (Lipinski definition) is 1. The normalized spacial score (nSPS) is 10.4. The summed E-state index contributed by atoms with van der Waals surface area (Å²) in [6, 6.07) is 10.5. The zero-order valence-corrected chi connectivity index (χ0v) is 11.7. The van der Waals surface area contributed by atoms with Crippen molar-refractivity contribution in [1.29, 1.82) is 0 Å². The van der Waals surface area contributed by atoms with E-state index in [-0.39, 0.29) is 0 Å². The van der Waals surface area contributed by atoms with Crippen molar-refractivity contribution >= 4 is 17.7 Å². The second kappa shape index (κ2) is 5.87. The summed E-state index contributed by atoms with van der Waals surface area (Å²) >= 11 is 1.74. The number of anilines is 1. The molecular formula is C14H17N3S. The van der Waals surface area contributed by atoms with E-state index >= 15 is 0 Å². The van der Waals surface area contributed by atoms with E-state index in [0.717, 1.165) is 16.5 Å². The van der Waals surface area contributed by atoms with Gasteiger partial charge in [0.15, 0.2) is 0 Å². The van der Waals surface area contributed by atoms with Crippen molar-refractivity contribution in [2.24, 2.45) is 0 Å². The molecule has 0 aliphatic heterocycles. The van der Waals surface area contributed by atoms with Crippen molar-refractivity contribution in [3.63, 3.8) is 0 Å². The first kappa shape index (κ1) is 12.9. The molecule has 18 heavy (non-hydrogen) atoms. The van der Waals surface area contributed by atoms with Crippen LogP contribution in [-0.4, -0.2) is 17.0 Å². The summed E-state index contributed by atoms with van der Waals surface area (Å²) < 4.78 is 0. The van der Waals surface area contributed by atoms with E-state index in [2.05, 4.69) is 46.5 Å². The molecule has 0 amide bonds. The topological polar surface area (TPSA) is 37.8 Å². The van der Waals surface area contributed by atoms with Gasteiger partial charge in [-0.25, -0.2) is 9.97 Å². The minimum Gasteiger partial charge on any atom is -0.357 e. The lowest BCUT2D eigenvalue weighted by Crippen LogP contribution is -1.98. The molecule has 0 aliphatic carbocycles. The summed E-state index contributed by atoms with van der Waals surface area (Å²) in [6.45, 7) is 4.13. The van der Waals surface area contributed by atoms with Gasteiger partial charge in [-0.15, -0.1) is 11.8 Å². The first-order valence-corrected chi connectivity index (χ1v) is 6.88. The molecule has 4 heteroatoms. The van der Waals surface area contributed by atoms with Crippen molar-refractivity contribution in [1.82, 2.24) is 9.97 Å². The highest BCUT2D eigenvalue weighted by molar-refractivity contribution is 7.98. The summed E-state index contributed by atoms with van der Waals surface area (Å²) in [5.41, 5.74) is 3.66. The SMILES string of the molecule is CNc1nc(C)cc(SCc2ccccc2C)n1. The van der Waals surface area contributed by atoms with Gasteiger partial charge in [0.1, 0.15) is 5.03 Å². The van der Waals surface area contributed by atoms with E-state index in [4.69, 9.17) is 0 Å². The van der Waals surface area contributed by atoms with Crippen molar-refractivity contribution in [2.45, 2.75) is 24.6 Å². The summed E-state index contributed by atoms with van der Waals surface area (Å²) in [5, 5.41) is 3.99. The van der Waals surface area contributed by atoms with Crippen LogP contribution in [0.1, 0.15) is 16.8 Å². The van der Waals surface area contributed by atoms with Gasteiger partial charge < -0.3 is 5.32 Å². The number of hydrogen-bond acceptors (Lipinski definition) is 4. The monoisotopic (exact) mass is 259 g/mol. The summed E-state index contributed by atoms with van der Waals surface area (Å²) in [7, 11) is 1.84. The van der Waals surface area contributed by atoms with Crippen LogP contribution >= 0.6 is 11.8 Å². The maximum absolute atomic E-state index is 4.44. The molecule has 2 aromatic rings. The van der Waals surface area contributed by atoms with Crippen LogP contribution in [0.5, 0.6) is 0 Å². The third-order valence-corrected chi connectivity index (χ3v) is 3.65. The number of rotatable bonds is 4. The minimum atomic E-state index is 0.683. The zero-order chi connectivity index (χ0) is 13.0. The summed E-state index contributed by atoms with van der Waals surface area (Å²) in [5.74, 6) is 1.62. The molecule has 1 N–H and O–H groups in total. The second-order valence-corrected chi connectivity index (χ2v) is 5.13. The van der Waals surface area contributed by atoms with Crippen LogP contribution in [0, 0.1) is 13.8 Å². The minimum absolute atomic E-state index is 0.683. The number of nitrogens with zero attached hydrogens (tertiary/aromatic N) is 2. The molecule has 3 nitrogen and oxygen atoms in total. The Balaban J connectivity index is 2.11. The van der Waals surface area contributed by atoms with Crippen molar-refractivity contribution in [3.8, 4) is 0 Å². The average molecular weight is 259 g/mol.